The maximum absolute atomic E-state index is 13.0. The summed E-state index contributed by atoms with van der Waals surface area (Å²) in [5.74, 6) is -1.46. The minimum absolute atomic E-state index is 0.153. The Morgan fingerprint density at radius 2 is 0.634 bits per heavy atom. The van der Waals surface area contributed by atoms with Crippen molar-refractivity contribution in [2.45, 2.75) is 341 Å². The number of rotatable bonds is 64. The van der Waals surface area contributed by atoms with Gasteiger partial charge in [-0.3, -0.25) is 23.4 Å². The molecule has 0 spiro atoms. The van der Waals surface area contributed by atoms with Crippen molar-refractivity contribution in [2.24, 2.45) is 0 Å². The van der Waals surface area contributed by atoms with Crippen molar-refractivity contribution in [3.8, 4) is 0 Å². The van der Waals surface area contributed by atoms with Gasteiger partial charge in [-0.05, 0) is 83.5 Å². The molecule has 0 aromatic carbocycles. The van der Waals surface area contributed by atoms with E-state index in [0.29, 0.717) is 19.3 Å². The highest BCUT2D eigenvalue weighted by Gasteiger charge is 2.28. The second-order valence-corrected chi connectivity index (χ2v) is 24.4. The molecule has 0 aromatic rings. The van der Waals surface area contributed by atoms with Crippen LogP contribution < -0.4 is 0 Å². The van der Waals surface area contributed by atoms with Crippen molar-refractivity contribution in [3.05, 3.63) is 60.8 Å². The van der Waals surface area contributed by atoms with Crippen molar-refractivity contribution in [3.63, 3.8) is 0 Å². The lowest BCUT2D eigenvalue weighted by molar-refractivity contribution is -0.161. The number of aliphatic hydroxyl groups excluding tert-OH is 1. The summed E-state index contributed by atoms with van der Waals surface area (Å²) in [6.07, 6.45) is 73.1. The summed E-state index contributed by atoms with van der Waals surface area (Å²) in [4.78, 5) is 48.9. The zero-order valence-electron chi connectivity index (χ0n) is 53.2. The first-order chi connectivity index (χ1) is 40.2. The smallest absolute Gasteiger partial charge is 0.462 e. The molecule has 0 aliphatic rings. The zero-order valence-corrected chi connectivity index (χ0v) is 54.1. The molecule has 0 bridgehead atoms. The number of ether oxygens (including phenoxy) is 3. The second-order valence-electron chi connectivity index (χ2n) is 23.0. The molecule has 0 saturated heterocycles. The van der Waals surface area contributed by atoms with Gasteiger partial charge in [0.1, 0.15) is 12.7 Å². The highest BCUT2D eigenvalue weighted by molar-refractivity contribution is 7.47. The minimum Gasteiger partial charge on any atom is -0.462 e. The topological polar surface area (TPSA) is 155 Å². The number of hydrogen-bond donors (Lipinski definition) is 2. The monoisotopic (exact) mass is 1170 g/mol. The van der Waals surface area contributed by atoms with Gasteiger partial charge in [0.2, 0.25) is 0 Å². The van der Waals surface area contributed by atoms with E-state index in [0.717, 1.165) is 103 Å². The number of hydrogen-bond acceptors (Lipinski definition) is 10. The Bertz CT molecular complexity index is 1610. The molecule has 0 amide bonds. The third-order valence-corrected chi connectivity index (χ3v) is 15.9. The Kier molecular flexibility index (Phi) is 62.0. The lowest BCUT2D eigenvalue weighted by Crippen LogP contribution is -2.30. The number of unbranched alkanes of at least 4 members (excludes halogenated alkanes) is 37. The van der Waals surface area contributed by atoms with E-state index in [1.807, 2.05) is 0 Å². The predicted molar refractivity (Wildman–Crippen MR) is 344 cm³/mol. The molecular formula is C70H127O11P. The van der Waals surface area contributed by atoms with E-state index < -0.39 is 57.8 Å². The third kappa shape index (κ3) is 61.7. The van der Waals surface area contributed by atoms with Gasteiger partial charge in [0.25, 0.3) is 0 Å². The zero-order chi connectivity index (χ0) is 59.8. The van der Waals surface area contributed by atoms with Gasteiger partial charge in [-0.25, -0.2) is 4.57 Å². The molecular weight excluding hydrogens is 1050 g/mol. The molecule has 0 saturated carbocycles. The largest absolute Gasteiger partial charge is 0.472 e. The number of phosphoric ester groups is 1. The van der Waals surface area contributed by atoms with E-state index in [1.165, 1.54) is 167 Å². The quantitative estimate of drug-likeness (QED) is 0.0197. The summed E-state index contributed by atoms with van der Waals surface area (Å²) in [7, 11) is -4.76. The summed E-state index contributed by atoms with van der Waals surface area (Å²) in [5.41, 5.74) is 0. The Labute approximate surface area is 504 Å². The molecule has 0 aliphatic carbocycles. The van der Waals surface area contributed by atoms with Crippen LogP contribution in [0.15, 0.2) is 60.8 Å². The molecule has 0 rings (SSSR count). The fourth-order valence-electron chi connectivity index (χ4n) is 9.76. The first-order valence-corrected chi connectivity index (χ1v) is 35.7. The van der Waals surface area contributed by atoms with Crippen molar-refractivity contribution in [2.75, 3.05) is 26.4 Å². The maximum Gasteiger partial charge on any atom is 0.472 e. The molecule has 82 heavy (non-hydrogen) atoms. The van der Waals surface area contributed by atoms with Crippen molar-refractivity contribution in [1.82, 2.24) is 0 Å². The molecule has 0 aromatic heterocycles. The fourth-order valence-corrected chi connectivity index (χ4v) is 10.5. The first kappa shape index (κ1) is 79.2. The van der Waals surface area contributed by atoms with Gasteiger partial charge < -0.3 is 24.2 Å². The van der Waals surface area contributed by atoms with Crippen LogP contribution in [0.25, 0.3) is 0 Å². The number of esters is 3. The fraction of sp³-hybridized carbons (Fsp3) is 0.814. The van der Waals surface area contributed by atoms with Crippen molar-refractivity contribution < 1.29 is 52.2 Å². The highest BCUT2D eigenvalue weighted by Crippen LogP contribution is 2.43. The van der Waals surface area contributed by atoms with Gasteiger partial charge >= 0.3 is 25.7 Å². The van der Waals surface area contributed by atoms with Crippen molar-refractivity contribution in [1.29, 1.82) is 0 Å². The van der Waals surface area contributed by atoms with Crippen LogP contribution in [-0.4, -0.2) is 66.5 Å². The molecule has 0 radical (unpaired) electrons. The molecule has 0 heterocycles. The van der Waals surface area contributed by atoms with Crippen LogP contribution in [0.4, 0.5) is 0 Å². The summed E-state index contributed by atoms with van der Waals surface area (Å²) < 4.78 is 39.8. The molecule has 3 unspecified atom stereocenters. The Morgan fingerprint density at radius 1 is 0.354 bits per heavy atom. The SMILES string of the molecule is CC/C=C\C/C=C\C/C=C\C/C=C\CCCCCCCCC(=O)OC(COC(=O)CCCCCCCCCCCCCCCCCCC)COP(=O)(O)OCC(CO)OC(=O)CCCCCCCCCCC/C=C\CCCCCCCC. The van der Waals surface area contributed by atoms with Gasteiger partial charge in [-0.2, -0.15) is 0 Å². The number of carbonyl (C=O) groups excluding carboxylic acids is 3. The first-order valence-electron chi connectivity index (χ1n) is 34.2. The Balaban J connectivity index is 4.67. The van der Waals surface area contributed by atoms with Crippen LogP contribution in [0.3, 0.4) is 0 Å². The van der Waals surface area contributed by atoms with E-state index in [9.17, 15) is 28.9 Å². The maximum atomic E-state index is 13.0. The van der Waals surface area contributed by atoms with Gasteiger partial charge in [0.05, 0.1) is 19.8 Å². The van der Waals surface area contributed by atoms with Crippen LogP contribution >= 0.6 is 7.82 Å². The minimum atomic E-state index is -4.76. The summed E-state index contributed by atoms with van der Waals surface area (Å²) >= 11 is 0. The predicted octanol–water partition coefficient (Wildman–Crippen LogP) is 21.0. The van der Waals surface area contributed by atoms with Gasteiger partial charge in [-0.15, -0.1) is 0 Å². The number of aliphatic hydroxyl groups is 1. The summed E-state index contributed by atoms with van der Waals surface area (Å²) in [6.45, 7) is 4.59. The lowest BCUT2D eigenvalue weighted by Gasteiger charge is -2.21. The molecule has 11 nitrogen and oxygen atoms in total. The molecule has 2 N–H and O–H groups in total. The van der Waals surface area contributed by atoms with Crippen LogP contribution in [0.5, 0.6) is 0 Å². The third-order valence-electron chi connectivity index (χ3n) is 14.9. The number of carbonyl (C=O) groups is 3. The van der Waals surface area contributed by atoms with Crippen molar-refractivity contribution >= 4 is 25.7 Å². The average molecular weight is 1180 g/mol. The molecule has 0 aliphatic heterocycles. The Morgan fingerprint density at radius 3 is 0.988 bits per heavy atom. The van der Waals surface area contributed by atoms with E-state index in [-0.39, 0.29) is 25.9 Å². The molecule has 12 heteroatoms. The second kappa shape index (κ2) is 64.2. The van der Waals surface area contributed by atoms with Crippen LogP contribution in [-0.2, 0) is 42.2 Å². The lowest BCUT2D eigenvalue weighted by atomic mass is 10.0. The normalized spacial score (nSPS) is 13.6. The van der Waals surface area contributed by atoms with Gasteiger partial charge in [0, 0.05) is 19.3 Å². The summed E-state index contributed by atoms with van der Waals surface area (Å²) in [5, 5.41) is 9.88. The van der Waals surface area contributed by atoms with E-state index >= 15 is 0 Å². The standard InChI is InChI=1S/C70H127O11P/c1-4-7-10-13-16-19-22-25-28-31-33-36-39-42-45-48-51-54-57-60-69(73)80-66(62-71)64-78-82(75,76)79-65-67(63-77-68(72)59-56-53-50-47-44-41-38-35-30-27-24-21-18-15-12-9-6-3)81-70(74)61-58-55-52-49-46-43-40-37-34-32-29-26-23-20-17-14-11-8-5-2/h8,11,17,20,25-26,28-29,34,37,66-67,71H,4-7,9-10,12-16,18-19,21-24,27,30-33,35-36,38-65H2,1-3H3,(H,75,76)/b11-8-,20-17-,28-25-,29-26-,37-34-. The van der Waals surface area contributed by atoms with Crippen LogP contribution in [0, 0.1) is 0 Å². The number of allylic oxidation sites excluding steroid dienone is 10. The number of phosphoric acid groups is 1. The molecule has 0 fully saturated rings. The Hall–Kier alpha value is -2.82. The van der Waals surface area contributed by atoms with Gasteiger partial charge in [-0.1, -0.05) is 287 Å². The average Bonchev–Trinajstić information content (AvgIpc) is 3.50. The summed E-state index contributed by atoms with van der Waals surface area (Å²) in [6, 6.07) is 0. The van der Waals surface area contributed by atoms with E-state index in [1.54, 1.807) is 0 Å². The van der Waals surface area contributed by atoms with Gasteiger partial charge in [0.15, 0.2) is 6.10 Å². The van der Waals surface area contributed by atoms with Crippen LogP contribution in [0.1, 0.15) is 329 Å². The molecule has 478 valence electrons. The van der Waals surface area contributed by atoms with Crippen LogP contribution in [0.2, 0.25) is 0 Å². The highest BCUT2D eigenvalue weighted by atomic mass is 31.2. The molecule has 3 atom stereocenters. The van der Waals surface area contributed by atoms with E-state index in [2.05, 4.69) is 81.5 Å². The van der Waals surface area contributed by atoms with E-state index in [4.69, 9.17) is 23.3 Å².